The smallest absolute Gasteiger partial charge is 0.291 e. The van der Waals surface area contributed by atoms with Gasteiger partial charge in [0.1, 0.15) is 5.02 Å². The Kier molecular flexibility index (Phi) is 4.73. The highest BCUT2D eigenvalue weighted by Crippen LogP contribution is 2.25. The lowest BCUT2D eigenvalue weighted by molar-refractivity contribution is 0.807. The highest BCUT2D eigenvalue weighted by molar-refractivity contribution is 6.41. The third-order valence-electron chi connectivity index (χ3n) is 3.89. The number of aromatic nitrogens is 5. The average molecular weight is 422 g/mol. The maximum absolute atomic E-state index is 12.2. The Labute approximate surface area is 168 Å². The van der Waals surface area contributed by atoms with Crippen LogP contribution in [-0.2, 0) is 6.54 Å². The van der Waals surface area contributed by atoms with Gasteiger partial charge in [0, 0.05) is 6.20 Å². The van der Waals surface area contributed by atoms with Crippen molar-refractivity contribution >= 4 is 46.1 Å². The third kappa shape index (κ3) is 3.37. The van der Waals surface area contributed by atoms with E-state index in [0.29, 0.717) is 22.9 Å². The molecule has 3 aromatic heterocycles. The molecular formula is C17H11Cl3N6O. The van der Waals surface area contributed by atoms with Crippen LogP contribution in [0.15, 0.2) is 53.6 Å². The number of fused-ring (bicyclic) bond motifs is 1. The Bertz CT molecular complexity index is 1200. The SMILES string of the molecule is O=c1c(Cl)c(Cl)cnn1-c1ccc(NCc2nnc3ccccn23)c(Cl)c1. The van der Waals surface area contributed by atoms with E-state index in [1.165, 1.54) is 6.20 Å². The predicted octanol–water partition coefficient (Wildman–Crippen LogP) is 3.85. The number of nitrogens with one attached hydrogen (secondary N) is 1. The fourth-order valence-corrected chi connectivity index (χ4v) is 3.06. The molecule has 0 saturated carbocycles. The van der Waals surface area contributed by atoms with Crippen LogP contribution in [0.2, 0.25) is 15.1 Å². The highest BCUT2D eigenvalue weighted by Gasteiger charge is 2.11. The van der Waals surface area contributed by atoms with Gasteiger partial charge in [0.15, 0.2) is 11.5 Å². The van der Waals surface area contributed by atoms with Gasteiger partial charge in [0.2, 0.25) is 0 Å². The van der Waals surface area contributed by atoms with Crippen LogP contribution in [0.5, 0.6) is 0 Å². The molecule has 0 aliphatic rings. The van der Waals surface area contributed by atoms with Gasteiger partial charge >= 0.3 is 0 Å². The third-order valence-corrected chi connectivity index (χ3v) is 4.96. The van der Waals surface area contributed by atoms with E-state index < -0.39 is 5.56 Å². The normalized spacial score (nSPS) is 11.1. The summed E-state index contributed by atoms with van der Waals surface area (Å²) >= 11 is 18.1. The minimum Gasteiger partial charge on any atom is -0.377 e. The van der Waals surface area contributed by atoms with Gasteiger partial charge in [-0.3, -0.25) is 9.20 Å². The lowest BCUT2D eigenvalue weighted by Crippen LogP contribution is -2.21. The summed E-state index contributed by atoms with van der Waals surface area (Å²) in [6, 6.07) is 10.7. The zero-order valence-electron chi connectivity index (χ0n) is 13.6. The van der Waals surface area contributed by atoms with Crippen LogP contribution in [0.3, 0.4) is 0 Å². The second-order valence-electron chi connectivity index (χ2n) is 5.59. The quantitative estimate of drug-likeness (QED) is 0.541. The molecule has 136 valence electrons. The van der Waals surface area contributed by atoms with Gasteiger partial charge in [-0.1, -0.05) is 40.9 Å². The molecule has 1 aromatic carbocycles. The van der Waals surface area contributed by atoms with E-state index in [1.54, 1.807) is 18.2 Å². The Hall–Kier alpha value is -2.61. The van der Waals surface area contributed by atoms with E-state index in [4.69, 9.17) is 34.8 Å². The number of hydrogen-bond donors (Lipinski definition) is 1. The van der Waals surface area contributed by atoms with E-state index in [9.17, 15) is 4.79 Å². The molecule has 3 heterocycles. The highest BCUT2D eigenvalue weighted by atomic mass is 35.5. The molecule has 0 spiro atoms. The Balaban J connectivity index is 1.59. The molecule has 0 aliphatic heterocycles. The maximum Gasteiger partial charge on any atom is 0.291 e. The molecule has 0 bridgehead atoms. The summed E-state index contributed by atoms with van der Waals surface area (Å²) in [6.45, 7) is 0.426. The molecule has 10 heteroatoms. The number of pyridine rings is 1. The van der Waals surface area contributed by atoms with Gasteiger partial charge in [-0.15, -0.1) is 10.2 Å². The lowest BCUT2D eigenvalue weighted by atomic mass is 10.2. The molecule has 27 heavy (non-hydrogen) atoms. The first-order chi connectivity index (χ1) is 13.0. The van der Waals surface area contributed by atoms with Gasteiger partial charge in [-0.05, 0) is 30.3 Å². The molecule has 0 atom stereocenters. The van der Waals surface area contributed by atoms with E-state index >= 15 is 0 Å². The van der Waals surface area contributed by atoms with Crippen LogP contribution in [0.1, 0.15) is 5.82 Å². The van der Waals surface area contributed by atoms with Crippen LogP contribution in [0.25, 0.3) is 11.3 Å². The maximum atomic E-state index is 12.2. The minimum atomic E-state index is -0.518. The van der Waals surface area contributed by atoms with Crippen molar-refractivity contribution in [3.05, 3.63) is 80.0 Å². The van der Waals surface area contributed by atoms with Crippen LogP contribution in [0, 0.1) is 0 Å². The summed E-state index contributed by atoms with van der Waals surface area (Å²) in [5.74, 6) is 0.744. The molecule has 0 radical (unpaired) electrons. The topological polar surface area (TPSA) is 77.1 Å². The van der Waals surface area contributed by atoms with Crippen molar-refractivity contribution < 1.29 is 0 Å². The summed E-state index contributed by atoms with van der Waals surface area (Å²) < 4.78 is 3.02. The summed E-state index contributed by atoms with van der Waals surface area (Å²) in [5.41, 5.74) is 1.40. The first-order valence-electron chi connectivity index (χ1n) is 7.80. The minimum absolute atomic E-state index is 0.0938. The summed E-state index contributed by atoms with van der Waals surface area (Å²) in [7, 11) is 0. The van der Waals surface area contributed by atoms with E-state index in [-0.39, 0.29) is 10.0 Å². The Morgan fingerprint density at radius 2 is 1.89 bits per heavy atom. The predicted molar refractivity (Wildman–Crippen MR) is 105 cm³/mol. The molecule has 0 amide bonds. The van der Waals surface area contributed by atoms with Crippen molar-refractivity contribution in [1.29, 1.82) is 0 Å². The second kappa shape index (κ2) is 7.19. The second-order valence-corrected chi connectivity index (χ2v) is 6.78. The number of hydrogen-bond acceptors (Lipinski definition) is 5. The van der Waals surface area contributed by atoms with E-state index in [2.05, 4.69) is 20.6 Å². The van der Waals surface area contributed by atoms with Crippen molar-refractivity contribution in [3.63, 3.8) is 0 Å². The summed E-state index contributed by atoms with van der Waals surface area (Å²) in [5, 5.41) is 15.9. The number of anilines is 1. The molecule has 0 aliphatic carbocycles. The Morgan fingerprint density at radius 1 is 1.04 bits per heavy atom. The van der Waals surface area contributed by atoms with Gasteiger partial charge in [0.05, 0.1) is 34.2 Å². The number of benzene rings is 1. The monoisotopic (exact) mass is 420 g/mol. The van der Waals surface area contributed by atoms with Gasteiger partial charge in [0.25, 0.3) is 5.56 Å². The fourth-order valence-electron chi connectivity index (χ4n) is 2.56. The first kappa shape index (κ1) is 17.8. The van der Waals surface area contributed by atoms with Crippen molar-refractivity contribution in [2.45, 2.75) is 6.54 Å². The number of nitrogens with zero attached hydrogens (tertiary/aromatic N) is 5. The molecule has 1 N–H and O–H groups in total. The van der Waals surface area contributed by atoms with Crippen LogP contribution >= 0.6 is 34.8 Å². The number of halogens is 3. The van der Waals surface area contributed by atoms with Crippen molar-refractivity contribution in [2.75, 3.05) is 5.32 Å². The Morgan fingerprint density at radius 3 is 2.70 bits per heavy atom. The average Bonchev–Trinajstić information content (AvgIpc) is 3.08. The van der Waals surface area contributed by atoms with Crippen molar-refractivity contribution in [2.24, 2.45) is 0 Å². The van der Waals surface area contributed by atoms with Crippen molar-refractivity contribution in [1.82, 2.24) is 24.4 Å². The van der Waals surface area contributed by atoms with Gasteiger partial charge in [-0.2, -0.15) is 9.78 Å². The lowest BCUT2D eigenvalue weighted by Gasteiger charge is -2.10. The van der Waals surface area contributed by atoms with E-state index in [1.807, 2.05) is 28.8 Å². The van der Waals surface area contributed by atoms with Gasteiger partial charge in [-0.25, -0.2) is 0 Å². The summed E-state index contributed by atoms with van der Waals surface area (Å²) in [4.78, 5) is 12.2. The number of rotatable bonds is 4. The zero-order valence-corrected chi connectivity index (χ0v) is 15.9. The summed E-state index contributed by atoms with van der Waals surface area (Å²) in [6.07, 6.45) is 3.20. The molecule has 4 rings (SSSR count). The largest absolute Gasteiger partial charge is 0.377 e. The van der Waals surface area contributed by atoms with Crippen LogP contribution in [-0.4, -0.2) is 24.4 Å². The van der Waals surface area contributed by atoms with E-state index in [0.717, 1.165) is 16.2 Å². The molecular weight excluding hydrogens is 411 g/mol. The van der Waals surface area contributed by atoms with Gasteiger partial charge < -0.3 is 5.32 Å². The molecule has 0 fully saturated rings. The standard InChI is InChI=1S/C17H11Cl3N6O/c18-11-7-10(26-17(27)16(20)12(19)8-22-26)4-5-13(11)21-9-15-24-23-14-3-1-2-6-25(14)15/h1-8,21H,9H2. The zero-order chi connectivity index (χ0) is 19.0. The first-order valence-corrected chi connectivity index (χ1v) is 8.94. The van der Waals surface area contributed by atoms with Crippen molar-refractivity contribution in [3.8, 4) is 5.69 Å². The molecule has 0 unspecified atom stereocenters. The molecule has 0 saturated heterocycles. The van der Waals surface area contributed by atoms with Crippen LogP contribution in [0.4, 0.5) is 5.69 Å². The fraction of sp³-hybridized carbons (Fsp3) is 0.0588. The molecule has 4 aromatic rings. The van der Waals surface area contributed by atoms with Crippen LogP contribution < -0.4 is 10.9 Å². The molecule has 7 nitrogen and oxygen atoms in total.